The molecule has 1 aromatic rings. The molecule has 0 aliphatic heterocycles. The van der Waals surface area contributed by atoms with E-state index in [0.717, 1.165) is 12.1 Å². The Morgan fingerprint density at radius 2 is 1.86 bits per heavy atom. The molecule has 0 heterocycles. The third-order valence-electron chi connectivity index (χ3n) is 1.88. The van der Waals surface area contributed by atoms with Crippen molar-refractivity contribution in [1.29, 1.82) is 0 Å². The van der Waals surface area contributed by atoms with Gasteiger partial charge >= 0.3 is 0 Å². The minimum absolute atomic E-state index is 0.732. The molecule has 14 heavy (non-hydrogen) atoms. The summed E-state index contributed by atoms with van der Waals surface area (Å²) in [5.41, 5.74) is 2.26. The largest absolute Gasteiger partial charge is 0.378 e. The van der Waals surface area contributed by atoms with Crippen LogP contribution in [-0.4, -0.2) is 27.7 Å². The Labute approximate surface area is 85.9 Å². The summed E-state index contributed by atoms with van der Waals surface area (Å²) in [5.74, 6) is 6.11. The van der Waals surface area contributed by atoms with Crippen LogP contribution in [0.15, 0.2) is 24.3 Å². The van der Waals surface area contributed by atoms with E-state index in [4.69, 9.17) is 0 Å². The monoisotopic (exact) mass is 188 g/mol. The second-order valence-electron chi connectivity index (χ2n) is 3.27. The minimum Gasteiger partial charge on any atom is -0.378 e. The van der Waals surface area contributed by atoms with Crippen LogP contribution in [0.4, 0.5) is 5.69 Å². The average Bonchev–Trinajstić information content (AvgIpc) is 2.19. The van der Waals surface area contributed by atoms with Gasteiger partial charge in [0.2, 0.25) is 0 Å². The van der Waals surface area contributed by atoms with Crippen LogP contribution in [0.2, 0.25) is 0 Å². The summed E-state index contributed by atoms with van der Waals surface area (Å²) >= 11 is 0. The summed E-state index contributed by atoms with van der Waals surface area (Å²) in [6.07, 6.45) is 0. The molecule has 0 saturated carbocycles. The van der Waals surface area contributed by atoms with E-state index in [0.29, 0.717) is 0 Å². The Morgan fingerprint density at radius 3 is 2.36 bits per heavy atom. The van der Waals surface area contributed by atoms with Crippen molar-refractivity contribution in [2.24, 2.45) is 0 Å². The van der Waals surface area contributed by atoms with Gasteiger partial charge in [-0.25, -0.2) is 0 Å². The first kappa shape index (κ1) is 10.6. The number of rotatable bonds is 2. The van der Waals surface area contributed by atoms with Crippen LogP contribution in [0.25, 0.3) is 0 Å². The lowest BCUT2D eigenvalue weighted by atomic mass is 10.2. The third kappa shape index (κ3) is 3.12. The number of hydrogen-bond acceptors (Lipinski definition) is 2. The summed E-state index contributed by atoms with van der Waals surface area (Å²) in [6, 6.07) is 8.22. The molecule has 0 bridgehead atoms. The van der Waals surface area contributed by atoms with E-state index >= 15 is 0 Å². The third-order valence-corrected chi connectivity index (χ3v) is 1.88. The summed E-state index contributed by atoms with van der Waals surface area (Å²) in [7, 11) is 5.95. The molecule has 74 valence electrons. The zero-order valence-corrected chi connectivity index (χ0v) is 8.96. The Bertz CT molecular complexity index is 328. The second kappa shape index (κ2) is 5.31. The highest BCUT2D eigenvalue weighted by Crippen LogP contribution is 2.11. The second-order valence-corrected chi connectivity index (χ2v) is 3.27. The van der Waals surface area contributed by atoms with E-state index in [9.17, 15) is 0 Å². The van der Waals surface area contributed by atoms with E-state index in [-0.39, 0.29) is 0 Å². The zero-order valence-electron chi connectivity index (χ0n) is 8.96. The van der Waals surface area contributed by atoms with Gasteiger partial charge in [0, 0.05) is 25.3 Å². The highest BCUT2D eigenvalue weighted by molar-refractivity contribution is 5.49. The molecule has 1 N–H and O–H groups in total. The van der Waals surface area contributed by atoms with E-state index < -0.39 is 0 Å². The molecule has 1 rings (SSSR count). The first-order valence-electron chi connectivity index (χ1n) is 4.65. The molecule has 1 aromatic carbocycles. The number of anilines is 1. The fourth-order valence-corrected chi connectivity index (χ4v) is 1.08. The molecule has 0 fully saturated rings. The predicted octanol–water partition coefficient (Wildman–Crippen LogP) is 1.32. The van der Waals surface area contributed by atoms with Gasteiger partial charge in [0.1, 0.15) is 0 Å². The van der Waals surface area contributed by atoms with Gasteiger partial charge in [-0.3, -0.25) is 0 Å². The highest BCUT2D eigenvalue weighted by atomic mass is 15.1. The molecular formula is C12H16N2. The van der Waals surface area contributed by atoms with Gasteiger partial charge in [-0.15, -0.1) is 0 Å². The fraction of sp³-hybridized carbons (Fsp3) is 0.333. The van der Waals surface area contributed by atoms with Gasteiger partial charge in [-0.05, 0) is 31.3 Å². The molecule has 0 unspecified atom stereocenters. The van der Waals surface area contributed by atoms with Crippen molar-refractivity contribution in [2.75, 3.05) is 32.6 Å². The first-order chi connectivity index (χ1) is 6.74. The van der Waals surface area contributed by atoms with E-state index in [1.165, 1.54) is 5.69 Å². The van der Waals surface area contributed by atoms with Crippen LogP contribution in [0.3, 0.4) is 0 Å². The first-order valence-corrected chi connectivity index (χ1v) is 4.65. The Kier molecular flexibility index (Phi) is 4.03. The molecule has 0 aliphatic carbocycles. The maximum absolute atomic E-state index is 3.08. The quantitative estimate of drug-likeness (QED) is 0.704. The molecule has 0 radical (unpaired) electrons. The lowest BCUT2D eigenvalue weighted by molar-refractivity contribution is 0.938. The molecule has 0 spiro atoms. The SMILES string of the molecule is CNCC#Cc1ccc(N(C)C)cc1. The van der Waals surface area contributed by atoms with Crippen molar-refractivity contribution in [2.45, 2.75) is 0 Å². The van der Waals surface area contributed by atoms with Crippen molar-refractivity contribution in [1.82, 2.24) is 5.32 Å². The summed E-state index contributed by atoms with van der Waals surface area (Å²) < 4.78 is 0. The Balaban J connectivity index is 2.70. The van der Waals surface area contributed by atoms with Gasteiger partial charge < -0.3 is 10.2 Å². The standard InChI is InChI=1S/C12H16N2/c1-13-10-4-5-11-6-8-12(9-7-11)14(2)3/h6-9,13H,10H2,1-3H3. The van der Waals surface area contributed by atoms with Crippen LogP contribution < -0.4 is 10.2 Å². The predicted molar refractivity (Wildman–Crippen MR) is 61.6 cm³/mol. The van der Waals surface area contributed by atoms with Gasteiger partial charge in [0.15, 0.2) is 0 Å². The van der Waals surface area contributed by atoms with Crippen molar-refractivity contribution in [3.05, 3.63) is 29.8 Å². The maximum atomic E-state index is 3.08. The molecule has 2 heteroatoms. The van der Waals surface area contributed by atoms with Crippen LogP contribution in [0, 0.1) is 11.8 Å². The molecule has 0 saturated heterocycles. The van der Waals surface area contributed by atoms with Gasteiger partial charge in [-0.1, -0.05) is 11.8 Å². The number of nitrogens with zero attached hydrogens (tertiary/aromatic N) is 1. The minimum atomic E-state index is 0.732. The number of benzene rings is 1. The molecule has 0 atom stereocenters. The summed E-state index contributed by atoms with van der Waals surface area (Å²) in [5, 5.41) is 2.99. The zero-order chi connectivity index (χ0) is 10.4. The average molecular weight is 188 g/mol. The molecule has 0 aliphatic rings. The Hall–Kier alpha value is -1.46. The highest BCUT2D eigenvalue weighted by Gasteiger charge is 1.92. The molecule has 2 nitrogen and oxygen atoms in total. The van der Waals surface area contributed by atoms with Crippen LogP contribution in [0.5, 0.6) is 0 Å². The Morgan fingerprint density at radius 1 is 1.21 bits per heavy atom. The topological polar surface area (TPSA) is 15.3 Å². The van der Waals surface area contributed by atoms with Crippen molar-refractivity contribution >= 4 is 5.69 Å². The molecule has 0 amide bonds. The number of hydrogen-bond donors (Lipinski definition) is 1. The van der Waals surface area contributed by atoms with Gasteiger partial charge in [-0.2, -0.15) is 0 Å². The van der Waals surface area contributed by atoms with Gasteiger partial charge in [0.05, 0.1) is 6.54 Å². The molecule has 0 aromatic heterocycles. The maximum Gasteiger partial charge on any atom is 0.0577 e. The lowest BCUT2D eigenvalue weighted by Crippen LogP contribution is -2.08. The van der Waals surface area contributed by atoms with Crippen molar-refractivity contribution in [3.8, 4) is 11.8 Å². The van der Waals surface area contributed by atoms with Crippen LogP contribution in [0.1, 0.15) is 5.56 Å². The van der Waals surface area contributed by atoms with Crippen molar-refractivity contribution in [3.63, 3.8) is 0 Å². The molecular weight excluding hydrogens is 172 g/mol. The summed E-state index contributed by atoms with van der Waals surface area (Å²) in [4.78, 5) is 2.07. The normalized spacial score (nSPS) is 9.07. The summed E-state index contributed by atoms with van der Waals surface area (Å²) in [6.45, 7) is 0.732. The smallest absolute Gasteiger partial charge is 0.0577 e. The van der Waals surface area contributed by atoms with E-state index in [1.54, 1.807) is 0 Å². The van der Waals surface area contributed by atoms with Crippen molar-refractivity contribution < 1.29 is 0 Å². The van der Waals surface area contributed by atoms with Crippen LogP contribution in [-0.2, 0) is 0 Å². The number of nitrogens with one attached hydrogen (secondary N) is 1. The van der Waals surface area contributed by atoms with Gasteiger partial charge in [0.25, 0.3) is 0 Å². The van der Waals surface area contributed by atoms with E-state index in [2.05, 4.69) is 34.2 Å². The lowest BCUT2D eigenvalue weighted by Gasteiger charge is -2.11. The fourth-order valence-electron chi connectivity index (χ4n) is 1.08. The van der Waals surface area contributed by atoms with Crippen LogP contribution >= 0.6 is 0 Å². The van der Waals surface area contributed by atoms with E-state index in [1.807, 2.05) is 33.3 Å².